The number of carboxylic acids is 1. The van der Waals surface area contributed by atoms with Crippen LogP contribution in [-0.4, -0.2) is 31.6 Å². The van der Waals surface area contributed by atoms with E-state index in [2.05, 4.69) is 31.0 Å². The Hall–Kier alpha value is -1.34. The minimum absolute atomic E-state index is 0.0115. The van der Waals surface area contributed by atoms with Crippen molar-refractivity contribution >= 4 is 29.1 Å². The third-order valence-electron chi connectivity index (χ3n) is 3.17. The average molecular weight is 311 g/mol. The largest absolute Gasteiger partial charge is 0.481 e. The molecule has 0 aromatic carbocycles. The number of carbonyl (C=O) groups is 1. The molecule has 0 fully saturated rings. The van der Waals surface area contributed by atoms with Gasteiger partial charge in [-0.15, -0.1) is 21.5 Å². The highest BCUT2D eigenvalue weighted by atomic mass is 32.2. The van der Waals surface area contributed by atoms with Crippen LogP contribution in [0.1, 0.15) is 27.2 Å². The van der Waals surface area contributed by atoms with E-state index in [9.17, 15) is 4.79 Å². The van der Waals surface area contributed by atoms with Crippen LogP contribution >= 0.6 is 23.1 Å². The third kappa shape index (κ3) is 3.04. The quantitative estimate of drug-likeness (QED) is 0.829. The van der Waals surface area contributed by atoms with E-state index >= 15 is 0 Å². The van der Waals surface area contributed by atoms with Crippen LogP contribution in [0, 0.1) is 0 Å². The Morgan fingerprint density at radius 2 is 2.25 bits per heavy atom. The van der Waals surface area contributed by atoms with Gasteiger partial charge in [-0.2, -0.15) is 0 Å². The van der Waals surface area contributed by atoms with E-state index in [1.807, 2.05) is 22.1 Å². The van der Waals surface area contributed by atoms with E-state index in [0.717, 1.165) is 17.1 Å². The van der Waals surface area contributed by atoms with Crippen LogP contribution in [0.5, 0.6) is 0 Å². The minimum atomic E-state index is -0.850. The predicted octanol–water partition coefficient (Wildman–Crippen LogP) is 3.33. The normalized spacial score (nSPS) is 11.8. The number of nitrogens with zero attached hydrogens (tertiary/aromatic N) is 3. The monoisotopic (exact) mass is 311 g/mol. The first kappa shape index (κ1) is 15.1. The van der Waals surface area contributed by atoms with Gasteiger partial charge in [0.15, 0.2) is 11.0 Å². The summed E-state index contributed by atoms with van der Waals surface area (Å²) in [7, 11) is 0. The van der Waals surface area contributed by atoms with Crippen LogP contribution in [-0.2, 0) is 10.3 Å². The van der Waals surface area contributed by atoms with E-state index in [-0.39, 0.29) is 11.3 Å². The molecule has 0 radical (unpaired) electrons. The highest BCUT2D eigenvalue weighted by Crippen LogP contribution is 2.34. The van der Waals surface area contributed by atoms with E-state index in [1.54, 1.807) is 11.3 Å². The fraction of sp³-hybridized carbons (Fsp3) is 0.462. The highest BCUT2D eigenvalue weighted by Gasteiger charge is 2.27. The van der Waals surface area contributed by atoms with Crippen molar-refractivity contribution in [3.63, 3.8) is 0 Å². The van der Waals surface area contributed by atoms with Crippen molar-refractivity contribution in [3.8, 4) is 10.7 Å². The summed E-state index contributed by atoms with van der Waals surface area (Å²) in [5.74, 6) is -0.0567. The summed E-state index contributed by atoms with van der Waals surface area (Å²) in [6, 6.07) is 3.98. The molecular formula is C13H17N3O2S2. The van der Waals surface area contributed by atoms with Crippen LogP contribution in [0.4, 0.5) is 0 Å². The van der Waals surface area contributed by atoms with Gasteiger partial charge in [0.1, 0.15) is 0 Å². The number of aromatic nitrogens is 3. The maximum absolute atomic E-state index is 10.8. The first-order valence-corrected chi connectivity index (χ1v) is 8.16. The molecule has 5 nitrogen and oxygen atoms in total. The summed E-state index contributed by atoms with van der Waals surface area (Å²) in [5.41, 5.74) is -0.163. The molecule has 1 N–H and O–H groups in total. The van der Waals surface area contributed by atoms with Gasteiger partial charge in [-0.05, 0) is 31.7 Å². The molecule has 20 heavy (non-hydrogen) atoms. The third-order valence-corrected chi connectivity index (χ3v) is 4.95. The second-order valence-electron chi connectivity index (χ2n) is 4.97. The van der Waals surface area contributed by atoms with Gasteiger partial charge in [0, 0.05) is 5.54 Å². The van der Waals surface area contributed by atoms with Crippen molar-refractivity contribution in [2.75, 3.05) is 5.75 Å². The van der Waals surface area contributed by atoms with Gasteiger partial charge < -0.3 is 5.11 Å². The van der Waals surface area contributed by atoms with Crippen molar-refractivity contribution in [1.29, 1.82) is 0 Å². The zero-order valence-electron chi connectivity index (χ0n) is 11.7. The van der Waals surface area contributed by atoms with Crippen LogP contribution in [0.25, 0.3) is 10.7 Å². The van der Waals surface area contributed by atoms with Crippen LogP contribution < -0.4 is 0 Å². The van der Waals surface area contributed by atoms with Crippen LogP contribution in [0.15, 0.2) is 22.7 Å². The molecule has 0 unspecified atom stereocenters. The van der Waals surface area contributed by atoms with Crippen LogP contribution in [0.3, 0.4) is 0 Å². The second-order valence-corrected chi connectivity index (χ2v) is 6.86. The van der Waals surface area contributed by atoms with Gasteiger partial charge in [-0.1, -0.05) is 24.8 Å². The number of hydrogen-bond acceptors (Lipinski definition) is 5. The van der Waals surface area contributed by atoms with Crippen molar-refractivity contribution in [2.24, 2.45) is 0 Å². The van der Waals surface area contributed by atoms with Gasteiger partial charge in [0.25, 0.3) is 0 Å². The Balaban J connectivity index is 2.46. The summed E-state index contributed by atoms with van der Waals surface area (Å²) >= 11 is 2.82. The lowest BCUT2D eigenvalue weighted by atomic mass is 10.0. The zero-order chi connectivity index (χ0) is 14.8. The summed E-state index contributed by atoms with van der Waals surface area (Å²) < 4.78 is 2.05. The van der Waals surface area contributed by atoms with Gasteiger partial charge >= 0.3 is 5.97 Å². The average Bonchev–Trinajstić information content (AvgIpc) is 3.04. The second kappa shape index (κ2) is 5.97. The molecule has 0 spiro atoms. The molecule has 0 aliphatic carbocycles. The van der Waals surface area contributed by atoms with Crippen molar-refractivity contribution in [2.45, 2.75) is 37.9 Å². The molecule has 2 rings (SSSR count). The molecule has 2 heterocycles. The molecule has 0 aliphatic rings. The topological polar surface area (TPSA) is 68.0 Å². The SMILES string of the molecule is CCC(C)(C)n1c(SCC(=O)O)nnc1-c1cccs1. The van der Waals surface area contributed by atoms with Gasteiger partial charge in [-0.25, -0.2) is 0 Å². The molecule has 0 saturated carbocycles. The Kier molecular flexibility index (Phi) is 4.49. The number of rotatable bonds is 6. The standard InChI is InChI=1S/C13H17N3O2S2/c1-4-13(2,3)16-11(9-6-5-7-19-9)14-15-12(16)20-8-10(17)18/h5-7H,4,8H2,1-3H3,(H,17,18). The molecule has 0 saturated heterocycles. The molecular weight excluding hydrogens is 294 g/mol. The van der Waals surface area contributed by atoms with Crippen molar-refractivity contribution < 1.29 is 9.90 Å². The highest BCUT2D eigenvalue weighted by molar-refractivity contribution is 7.99. The molecule has 0 aliphatic heterocycles. The number of carboxylic acid groups (broad SMARTS) is 1. The molecule has 7 heteroatoms. The number of aliphatic carboxylic acids is 1. The minimum Gasteiger partial charge on any atom is -0.481 e. The summed E-state index contributed by atoms with van der Waals surface area (Å²) in [6.45, 7) is 6.32. The molecule has 2 aromatic heterocycles. The maximum Gasteiger partial charge on any atom is 0.313 e. The lowest BCUT2D eigenvalue weighted by Gasteiger charge is -2.27. The molecule has 2 aromatic rings. The van der Waals surface area contributed by atoms with Crippen molar-refractivity contribution in [1.82, 2.24) is 14.8 Å². The summed E-state index contributed by atoms with van der Waals surface area (Å²) in [5, 5.41) is 19.9. The van der Waals surface area contributed by atoms with E-state index in [1.165, 1.54) is 11.8 Å². The van der Waals surface area contributed by atoms with Crippen LogP contribution in [0.2, 0.25) is 0 Å². The zero-order valence-corrected chi connectivity index (χ0v) is 13.3. The maximum atomic E-state index is 10.8. The van der Waals surface area contributed by atoms with E-state index < -0.39 is 5.97 Å². The predicted molar refractivity (Wildman–Crippen MR) is 81.3 cm³/mol. The molecule has 0 atom stereocenters. The fourth-order valence-electron chi connectivity index (χ4n) is 1.76. The molecule has 108 valence electrons. The number of hydrogen-bond donors (Lipinski definition) is 1. The lowest BCUT2D eigenvalue weighted by molar-refractivity contribution is -0.133. The van der Waals surface area contributed by atoms with Gasteiger partial charge in [0.05, 0.1) is 10.6 Å². The number of thiophene rings is 1. The Morgan fingerprint density at radius 1 is 1.50 bits per heavy atom. The van der Waals surface area contributed by atoms with E-state index in [0.29, 0.717) is 5.16 Å². The Bertz CT molecular complexity index is 591. The first-order chi connectivity index (χ1) is 9.45. The molecule has 0 bridgehead atoms. The fourth-order valence-corrected chi connectivity index (χ4v) is 3.27. The van der Waals surface area contributed by atoms with Gasteiger partial charge in [0.2, 0.25) is 0 Å². The van der Waals surface area contributed by atoms with Gasteiger partial charge in [-0.3, -0.25) is 9.36 Å². The smallest absolute Gasteiger partial charge is 0.313 e. The van der Waals surface area contributed by atoms with Crippen molar-refractivity contribution in [3.05, 3.63) is 17.5 Å². The summed E-state index contributed by atoms with van der Waals surface area (Å²) in [6.07, 6.45) is 0.907. The molecule has 0 amide bonds. The summed E-state index contributed by atoms with van der Waals surface area (Å²) in [4.78, 5) is 11.8. The van der Waals surface area contributed by atoms with E-state index in [4.69, 9.17) is 5.11 Å². The first-order valence-electron chi connectivity index (χ1n) is 6.30. The Labute approximate surface area is 126 Å². The Morgan fingerprint density at radius 3 is 2.80 bits per heavy atom. The lowest BCUT2D eigenvalue weighted by Crippen LogP contribution is -2.27. The number of thioether (sulfide) groups is 1.